The van der Waals surface area contributed by atoms with Crippen molar-refractivity contribution in [1.29, 1.82) is 0 Å². The number of hydrogen-bond acceptors (Lipinski definition) is 4. The molecule has 0 aliphatic carbocycles. The molecule has 0 aliphatic heterocycles. The van der Waals surface area contributed by atoms with Crippen molar-refractivity contribution in [1.82, 2.24) is 10.3 Å². The average Bonchev–Trinajstić information content (AvgIpc) is 2.66. The number of carbonyl (C=O) groups excluding carboxylic acids is 1. The van der Waals surface area contributed by atoms with Crippen molar-refractivity contribution in [3.63, 3.8) is 0 Å². The van der Waals surface area contributed by atoms with Crippen molar-refractivity contribution in [2.45, 2.75) is 12.9 Å². The summed E-state index contributed by atoms with van der Waals surface area (Å²) < 4.78 is 58.8. The van der Waals surface area contributed by atoms with Gasteiger partial charge < -0.3 is 14.8 Å². The van der Waals surface area contributed by atoms with Crippen LogP contribution in [0.2, 0.25) is 0 Å². The maximum Gasteiger partial charge on any atom is 0.573 e. The lowest BCUT2D eigenvalue weighted by molar-refractivity contribution is -0.274. The van der Waals surface area contributed by atoms with E-state index in [0.717, 1.165) is 12.1 Å². The van der Waals surface area contributed by atoms with Gasteiger partial charge in [-0.1, -0.05) is 12.1 Å². The fourth-order valence-electron chi connectivity index (χ4n) is 2.32. The van der Waals surface area contributed by atoms with Crippen molar-refractivity contribution in [2.24, 2.45) is 0 Å². The Balaban J connectivity index is 1.53. The third-order valence-electron chi connectivity index (χ3n) is 3.62. The topological polar surface area (TPSA) is 60.5 Å². The van der Waals surface area contributed by atoms with Gasteiger partial charge in [-0.2, -0.15) is 0 Å². The minimum absolute atomic E-state index is 0.146. The van der Waals surface area contributed by atoms with Crippen LogP contribution in [0.4, 0.5) is 17.6 Å². The first-order chi connectivity index (χ1) is 13.8. The fourth-order valence-corrected chi connectivity index (χ4v) is 2.32. The van der Waals surface area contributed by atoms with Crippen LogP contribution < -0.4 is 14.8 Å². The summed E-state index contributed by atoms with van der Waals surface area (Å²) >= 11 is 0. The molecule has 0 atom stereocenters. The second kappa shape index (κ2) is 8.59. The molecule has 150 valence electrons. The Labute approximate surface area is 162 Å². The first-order valence-electron chi connectivity index (χ1n) is 8.31. The summed E-state index contributed by atoms with van der Waals surface area (Å²) in [7, 11) is 0. The number of nitrogens with one attached hydrogen (secondary N) is 1. The van der Waals surface area contributed by atoms with Gasteiger partial charge in [-0.25, -0.2) is 9.37 Å². The zero-order chi connectivity index (χ0) is 20.9. The van der Waals surface area contributed by atoms with E-state index in [0.29, 0.717) is 11.3 Å². The maximum atomic E-state index is 13.1. The van der Waals surface area contributed by atoms with Crippen LogP contribution >= 0.6 is 0 Å². The minimum Gasteiger partial charge on any atom is -0.439 e. The number of pyridine rings is 1. The molecule has 0 bridgehead atoms. The third-order valence-corrected chi connectivity index (χ3v) is 3.62. The van der Waals surface area contributed by atoms with Gasteiger partial charge in [-0.15, -0.1) is 13.2 Å². The minimum atomic E-state index is -4.79. The number of amides is 1. The van der Waals surface area contributed by atoms with Crippen molar-refractivity contribution in [3.8, 4) is 17.4 Å². The molecule has 0 saturated carbocycles. The van der Waals surface area contributed by atoms with Crippen LogP contribution in [-0.2, 0) is 6.54 Å². The van der Waals surface area contributed by atoms with Crippen LogP contribution in [0.5, 0.6) is 17.4 Å². The number of aromatic nitrogens is 1. The van der Waals surface area contributed by atoms with Crippen molar-refractivity contribution in [2.75, 3.05) is 0 Å². The Morgan fingerprint density at radius 3 is 2.38 bits per heavy atom. The number of nitrogens with zero attached hydrogens (tertiary/aromatic N) is 1. The molecule has 0 fully saturated rings. The van der Waals surface area contributed by atoms with Gasteiger partial charge in [0.15, 0.2) is 0 Å². The number of carbonyl (C=O) groups is 1. The van der Waals surface area contributed by atoms with Crippen LogP contribution in [0.25, 0.3) is 0 Å². The number of rotatable bonds is 6. The molecule has 29 heavy (non-hydrogen) atoms. The summed E-state index contributed by atoms with van der Waals surface area (Å²) in [5.41, 5.74) is 0.848. The highest BCUT2D eigenvalue weighted by molar-refractivity contribution is 5.94. The van der Waals surface area contributed by atoms with Crippen LogP contribution in [0.3, 0.4) is 0 Å². The molecule has 1 N–H and O–H groups in total. The molecular weight excluding hydrogens is 392 g/mol. The fraction of sp³-hybridized carbons (Fsp3) is 0.100. The summed E-state index contributed by atoms with van der Waals surface area (Å²) in [6.07, 6.45) is -3.31. The Bertz CT molecular complexity index is 974. The van der Waals surface area contributed by atoms with Crippen LogP contribution in [0, 0.1) is 5.82 Å². The maximum absolute atomic E-state index is 13.1. The molecule has 5 nitrogen and oxygen atoms in total. The molecule has 2 aromatic carbocycles. The average molecular weight is 406 g/mol. The van der Waals surface area contributed by atoms with Crippen molar-refractivity contribution >= 4 is 5.91 Å². The highest BCUT2D eigenvalue weighted by atomic mass is 19.4. The molecule has 0 spiro atoms. The molecule has 0 saturated heterocycles. The van der Waals surface area contributed by atoms with Gasteiger partial charge in [0.1, 0.15) is 17.3 Å². The molecular formula is C20H14F4N2O3. The number of alkyl halides is 3. The molecule has 0 unspecified atom stereocenters. The van der Waals surface area contributed by atoms with Gasteiger partial charge in [-0.05, 0) is 42.0 Å². The molecule has 1 aromatic heterocycles. The van der Waals surface area contributed by atoms with E-state index in [4.69, 9.17) is 4.74 Å². The van der Waals surface area contributed by atoms with Gasteiger partial charge in [0.2, 0.25) is 5.88 Å². The summed E-state index contributed by atoms with van der Waals surface area (Å²) in [6, 6.07) is 13.4. The number of benzene rings is 2. The molecule has 1 amide bonds. The Hall–Kier alpha value is -3.62. The highest BCUT2D eigenvalue weighted by Gasteiger charge is 2.31. The highest BCUT2D eigenvalue weighted by Crippen LogP contribution is 2.23. The second-order valence-corrected chi connectivity index (χ2v) is 5.82. The number of hydrogen-bond donors (Lipinski definition) is 1. The van der Waals surface area contributed by atoms with E-state index in [-0.39, 0.29) is 18.0 Å². The van der Waals surface area contributed by atoms with Crippen LogP contribution in [0.15, 0.2) is 66.9 Å². The van der Waals surface area contributed by atoms with Crippen molar-refractivity contribution < 1.29 is 31.8 Å². The quantitative estimate of drug-likeness (QED) is 0.595. The number of ether oxygens (including phenoxy) is 2. The molecule has 1 heterocycles. The molecule has 0 aliphatic rings. The van der Waals surface area contributed by atoms with E-state index in [9.17, 15) is 22.4 Å². The van der Waals surface area contributed by atoms with E-state index in [1.54, 1.807) is 18.2 Å². The van der Waals surface area contributed by atoms with Gasteiger partial charge in [0, 0.05) is 30.4 Å². The summed E-state index contributed by atoms with van der Waals surface area (Å²) in [5, 5.41) is 2.63. The third kappa shape index (κ3) is 6.20. The molecule has 3 rings (SSSR count). The van der Waals surface area contributed by atoms with E-state index < -0.39 is 23.8 Å². The predicted octanol–water partition coefficient (Wildman–Crippen LogP) is 4.84. The Kier molecular flexibility index (Phi) is 5.96. The van der Waals surface area contributed by atoms with Gasteiger partial charge in [0.05, 0.1) is 0 Å². The van der Waals surface area contributed by atoms with Gasteiger partial charge in [0.25, 0.3) is 5.91 Å². The second-order valence-electron chi connectivity index (χ2n) is 5.82. The summed E-state index contributed by atoms with van der Waals surface area (Å²) in [6.45, 7) is 0.146. The lowest BCUT2D eigenvalue weighted by Gasteiger charge is -2.10. The van der Waals surface area contributed by atoms with E-state index in [1.165, 1.54) is 36.5 Å². The smallest absolute Gasteiger partial charge is 0.439 e. The van der Waals surface area contributed by atoms with E-state index in [2.05, 4.69) is 15.0 Å². The Morgan fingerprint density at radius 2 is 1.76 bits per heavy atom. The summed E-state index contributed by atoms with van der Waals surface area (Å²) in [4.78, 5) is 16.2. The zero-order valence-electron chi connectivity index (χ0n) is 14.7. The zero-order valence-corrected chi connectivity index (χ0v) is 14.7. The SMILES string of the molecule is O=C(NCc1ccc(Oc2cccc(F)c2)nc1)c1ccc(OC(F)(F)F)cc1. The molecule has 0 radical (unpaired) electrons. The first kappa shape index (κ1) is 20.1. The lowest BCUT2D eigenvalue weighted by Crippen LogP contribution is -2.23. The van der Waals surface area contributed by atoms with Crippen LogP contribution in [-0.4, -0.2) is 17.3 Å². The first-order valence-corrected chi connectivity index (χ1v) is 8.31. The lowest BCUT2D eigenvalue weighted by atomic mass is 10.2. The van der Waals surface area contributed by atoms with Crippen molar-refractivity contribution in [3.05, 3.63) is 83.8 Å². The van der Waals surface area contributed by atoms with Gasteiger partial charge >= 0.3 is 6.36 Å². The normalized spacial score (nSPS) is 11.0. The standard InChI is InChI=1S/C20H14F4N2O3/c21-15-2-1-3-17(10-15)28-18-9-4-13(11-25-18)12-26-19(27)14-5-7-16(8-6-14)29-20(22,23)24/h1-11H,12H2,(H,26,27). The van der Waals surface area contributed by atoms with Gasteiger partial charge in [-0.3, -0.25) is 4.79 Å². The monoisotopic (exact) mass is 406 g/mol. The molecule has 9 heteroatoms. The summed E-state index contributed by atoms with van der Waals surface area (Å²) in [5.74, 6) is -0.752. The Morgan fingerprint density at radius 1 is 1.00 bits per heavy atom. The van der Waals surface area contributed by atoms with Crippen LogP contribution in [0.1, 0.15) is 15.9 Å². The molecule has 3 aromatic rings. The van der Waals surface area contributed by atoms with E-state index in [1.807, 2.05) is 0 Å². The largest absolute Gasteiger partial charge is 0.573 e. The van der Waals surface area contributed by atoms with E-state index >= 15 is 0 Å². The predicted molar refractivity (Wildman–Crippen MR) is 95.0 cm³/mol. The number of halogens is 4.